The number of allylic oxidation sites excluding steroid dienone is 1. The summed E-state index contributed by atoms with van der Waals surface area (Å²) in [6.45, 7) is 0.117. The first kappa shape index (κ1) is 9.91. The molecule has 1 fully saturated rings. The van der Waals surface area contributed by atoms with Crippen molar-refractivity contribution >= 4 is 5.69 Å². The molecule has 2 heteroatoms. The number of hydrogen-bond donors (Lipinski definition) is 2. The third kappa shape index (κ3) is 1.63. The average molecular weight is 215 g/mol. The molecule has 0 spiro atoms. The van der Waals surface area contributed by atoms with Crippen LogP contribution in [0.5, 0.6) is 0 Å². The van der Waals surface area contributed by atoms with Crippen molar-refractivity contribution in [3.63, 3.8) is 0 Å². The van der Waals surface area contributed by atoms with E-state index in [2.05, 4.69) is 23.5 Å². The van der Waals surface area contributed by atoms with Crippen molar-refractivity contribution in [2.75, 3.05) is 5.32 Å². The fraction of sp³-hybridized carbons (Fsp3) is 0.429. The second kappa shape index (κ2) is 3.95. The lowest BCUT2D eigenvalue weighted by Gasteiger charge is -2.41. The van der Waals surface area contributed by atoms with Gasteiger partial charge in [-0.15, -0.1) is 0 Å². The highest BCUT2D eigenvalue weighted by Crippen LogP contribution is 2.44. The molecule has 2 aliphatic rings. The van der Waals surface area contributed by atoms with Gasteiger partial charge in [-0.1, -0.05) is 24.3 Å². The summed E-state index contributed by atoms with van der Waals surface area (Å²) in [4.78, 5) is 0. The van der Waals surface area contributed by atoms with Crippen LogP contribution in [0.2, 0.25) is 0 Å². The molecule has 1 aromatic carbocycles. The van der Waals surface area contributed by atoms with Gasteiger partial charge in [-0.3, -0.25) is 0 Å². The quantitative estimate of drug-likeness (QED) is 0.759. The highest BCUT2D eigenvalue weighted by molar-refractivity contribution is 5.47. The number of hydrogen-bond acceptors (Lipinski definition) is 2. The van der Waals surface area contributed by atoms with Crippen LogP contribution in [0.3, 0.4) is 0 Å². The standard InChI is InChI=1S/C14H17NO/c16-9-10-3-1-5-12(7-10)15-14-8-11-4-2-6-13(11)14/h1-3,5-7,11,13-16H,4,8-9H2. The molecular weight excluding hydrogens is 198 g/mol. The molecule has 0 amide bonds. The van der Waals surface area contributed by atoms with Crippen LogP contribution in [-0.4, -0.2) is 11.1 Å². The molecule has 0 radical (unpaired) electrons. The molecule has 3 unspecified atom stereocenters. The van der Waals surface area contributed by atoms with Crippen LogP contribution in [0.1, 0.15) is 18.4 Å². The van der Waals surface area contributed by atoms with E-state index >= 15 is 0 Å². The van der Waals surface area contributed by atoms with Crippen molar-refractivity contribution in [1.82, 2.24) is 0 Å². The van der Waals surface area contributed by atoms with Gasteiger partial charge in [0.05, 0.1) is 6.61 Å². The lowest BCUT2D eigenvalue weighted by Crippen LogP contribution is -2.43. The zero-order chi connectivity index (χ0) is 11.0. The highest BCUT2D eigenvalue weighted by Gasteiger charge is 2.40. The maximum absolute atomic E-state index is 9.08. The number of fused-ring (bicyclic) bond motifs is 1. The Bertz CT molecular complexity index is 413. The molecule has 0 bridgehead atoms. The third-order valence-electron chi connectivity index (χ3n) is 3.82. The summed E-state index contributed by atoms with van der Waals surface area (Å²) in [6.07, 6.45) is 7.20. The van der Waals surface area contributed by atoms with Gasteiger partial charge in [-0.25, -0.2) is 0 Å². The number of aliphatic hydroxyl groups is 1. The Kier molecular flexibility index (Phi) is 2.44. The molecule has 0 aliphatic heterocycles. The Morgan fingerprint density at radius 1 is 1.38 bits per heavy atom. The largest absolute Gasteiger partial charge is 0.392 e. The SMILES string of the molecule is OCc1cccc(NC2CC3CC=CC32)c1. The third-order valence-corrected chi connectivity index (χ3v) is 3.82. The molecule has 84 valence electrons. The van der Waals surface area contributed by atoms with Crippen molar-refractivity contribution in [2.24, 2.45) is 11.8 Å². The lowest BCUT2D eigenvalue weighted by molar-refractivity contribution is 0.218. The van der Waals surface area contributed by atoms with Crippen LogP contribution >= 0.6 is 0 Å². The van der Waals surface area contributed by atoms with Crippen LogP contribution in [-0.2, 0) is 6.61 Å². The van der Waals surface area contributed by atoms with Gasteiger partial charge in [0.15, 0.2) is 0 Å². The van der Waals surface area contributed by atoms with Crippen LogP contribution < -0.4 is 5.32 Å². The Morgan fingerprint density at radius 3 is 3.12 bits per heavy atom. The van der Waals surface area contributed by atoms with E-state index in [1.54, 1.807) is 0 Å². The fourth-order valence-corrected chi connectivity index (χ4v) is 2.86. The molecule has 0 heterocycles. The first-order valence-corrected chi connectivity index (χ1v) is 6.00. The molecule has 3 atom stereocenters. The summed E-state index contributed by atoms with van der Waals surface area (Å²) < 4.78 is 0. The summed E-state index contributed by atoms with van der Waals surface area (Å²) in [5.41, 5.74) is 2.11. The minimum Gasteiger partial charge on any atom is -0.392 e. The van der Waals surface area contributed by atoms with Gasteiger partial charge in [0.1, 0.15) is 0 Å². The number of rotatable bonds is 3. The Hall–Kier alpha value is -1.28. The van der Waals surface area contributed by atoms with E-state index in [1.165, 1.54) is 12.8 Å². The van der Waals surface area contributed by atoms with Crippen LogP contribution in [0.4, 0.5) is 5.69 Å². The van der Waals surface area contributed by atoms with Gasteiger partial charge >= 0.3 is 0 Å². The topological polar surface area (TPSA) is 32.3 Å². The minimum atomic E-state index is 0.117. The van der Waals surface area contributed by atoms with Crippen molar-refractivity contribution in [1.29, 1.82) is 0 Å². The lowest BCUT2D eigenvalue weighted by atomic mass is 9.71. The van der Waals surface area contributed by atoms with Crippen molar-refractivity contribution in [3.8, 4) is 0 Å². The Balaban J connectivity index is 1.68. The summed E-state index contributed by atoms with van der Waals surface area (Å²) in [5, 5.41) is 12.6. The van der Waals surface area contributed by atoms with Crippen LogP contribution in [0.15, 0.2) is 36.4 Å². The van der Waals surface area contributed by atoms with Crippen LogP contribution in [0.25, 0.3) is 0 Å². The van der Waals surface area contributed by atoms with Crippen molar-refractivity contribution in [2.45, 2.75) is 25.5 Å². The second-order valence-electron chi connectivity index (χ2n) is 4.85. The van der Waals surface area contributed by atoms with E-state index in [1.807, 2.05) is 18.2 Å². The Labute approximate surface area is 96.0 Å². The van der Waals surface area contributed by atoms with E-state index in [0.717, 1.165) is 23.1 Å². The molecule has 3 rings (SSSR count). The first-order valence-electron chi connectivity index (χ1n) is 6.00. The molecule has 0 saturated heterocycles. The summed E-state index contributed by atoms with van der Waals surface area (Å²) in [5.74, 6) is 1.62. The smallest absolute Gasteiger partial charge is 0.0682 e. The average Bonchev–Trinajstić information content (AvgIpc) is 2.68. The minimum absolute atomic E-state index is 0.117. The second-order valence-corrected chi connectivity index (χ2v) is 4.85. The van der Waals surface area contributed by atoms with Gasteiger partial charge in [0.25, 0.3) is 0 Å². The number of nitrogens with one attached hydrogen (secondary N) is 1. The molecule has 2 nitrogen and oxygen atoms in total. The zero-order valence-electron chi connectivity index (χ0n) is 9.26. The molecule has 1 saturated carbocycles. The summed E-state index contributed by atoms with van der Waals surface area (Å²) in [6, 6.07) is 8.65. The number of aliphatic hydroxyl groups excluding tert-OH is 1. The van der Waals surface area contributed by atoms with Gasteiger partial charge < -0.3 is 10.4 Å². The monoisotopic (exact) mass is 215 g/mol. The maximum atomic E-state index is 9.08. The van der Waals surface area contributed by atoms with Gasteiger partial charge in [0.2, 0.25) is 0 Å². The summed E-state index contributed by atoms with van der Waals surface area (Å²) >= 11 is 0. The maximum Gasteiger partial charge on any atom is 0.0682 e. The number of benzene rings is 1. The predicted molar refractivity (Wildman–Crippen MR) is 65.1 cm³/mol. The first-order chi connectivity index (χ1) is 7.86. The molecule has 16 heavy (non-hydrogen) atoms. The van der Waals surface area contributed by atoms with E-state index in [4.69, 9.17) is 5.11 Å². The highest BCUT2D eigenvalue weighted by atomic mass is 16.3. The Morgan fingerprint density at radius 2 is 2.31 bits per heavy atom. The fourth-order valence-electron chi connectivity index (χ4n) is 2.86. The van der Waals surface area contributed by atoms with E-state index in [9.17, 15) is 0 Å². The van der Waals surface area contributed by atoms with Crippen molar-refractivity contribution < 1.29 is 5.11 Å². The normalized spacial score (nSPS) is 30.9. The van der Waals surface area contributed by atoms with Gasteiger partial charge in [0, 0.05) is 17.6 Å². The van der Waals surface area contributed by atoms with Crippen molar-refractivity contribution in [3.05, 3.63) is 42.0 Å². The predicted octanol–water partition coefficient (Wildman–Crippen LogP) is 2.56. The van der Waals surface area contributed by atoms with Gasteiger partial charge in [-0.05, 0) is 36.5 Å². The molecule has 0 aromatic heterocycles. The van der Waals surface area contributed by atoms with Gasteiger partial charge in [-0.2, -0.15) is 0 Å². The van der Waals surface area contributed by atoms with E-state index in [-0.39, 0.29) is 6.61 Å². The van der Waals surface area contributed by atoms with E-state index < -0.39 is 0 Å². The molecule has 2 N–H and O–H groups in total. The van der Waals surface area contributed by atoms with Crippen LogP contribution in [0, 0.1) is 11.8 Å². The summed E-state index contributed by atoms with van der Waals surface area (Å²) in [7, 11) is 0. The molecule has 2 aliphatic carbocycles. The molecular formula is C14H17NO. The van der Waals surface area contributed by atoms with E-state index in [0.29, 0.717) is 6.04 Å². The zero-order valence-corrected chi connectivity index (χ0v) is 9.26. The molecule has 1 aromatic rings. The number of anilines is 1.